The first-order chi connectivity index (χ1) is 23.3. The molecule has 5 atom stereocenters. The highest BCUT2D eigenvalue weighted by atomic mass is 28.4. The molecule has 5 rings (SSSR count). The molecule has 11 heteroatoms. The summed E-state index contributed by atoms with van der Waals surface area (Å²) < 4.78 is 44.0. The second-order valence-corrected chi connectivity index (χ2v) is 33.4. The Hall–Kier alpha value is -2.26. The number of ether oxygens (including phenoxy) is 3. The Kier molecular flexibility index (Phi) is 10.9. The number of carbonyl (C=O) groups is 1. The van der Waals surface area contributed by atoms with Gasteiger partial charge in [-0.3, -0.25) is 0 Å². The van der Waals surface area contributed by atoms with E-state index in [-0.39, 0.29) is 15.1 Å². The molecule has 2 aromatic carbocycles. The Balaban J connectivity index is 1.64. The molecule has 3 heterocycles. The molecule has 0 saturated carbocycles. The molecule has 0 radical (unpaired) electrons. The van der Waals surface area contributed by atoms with Crippen molar-refractivity contribution in [2.45, 2.75) is 154 Å². The number of carbonyl (C=O) groups excluding carboxylic acids is 1. The average Bonchev–Trinajstić information content (AvgIpc) is 3.36. The number of hydrogen-bond acceptors (Lipinski definition) is 7. The number of benzene rings is 2. The molecule has 2 aliphatic rings. The number of rotatable bonds is 9. The lowest BCUT2D eigenvalue weighted by Gasteiger charge is -2.52. The minimum Gasteiger partial charge on any atom is -0.460 e. The van der Waals surface area contributed by atoms with E-state index in [4.69, 9.17) is 27.5 Å². The van der Waals surface area contributed by atoms with E-state index in [2.05, 4.69) is 118 Å². The van der Waals surface area contributed by atoms with Gasteiger partial charge in [-0.05, 0) is 72.1 Å². The lowest BCUT2D eigenvalue weighted by atomic mass is 9.98. The first kappa shape index (κ1) is 39.9. The summed E-state index contributed by atoms with van der Waals surface area (Å²) in [5.74, 6) is 0.159. The summed E-state index contributed by atoms with van der Waals surface area (Å²) in [5, 5.41) is 0.518. The second-order valence-electron chi connectivity index (χ2n) is 19.1. The van der Waals surface area contributed by atoms with Crippen LogP contribution in [-0.4, -0.2) is 72.8 Å². The Morgan fingerprint density at radius 3 is 1.84 bits per heavy atom. The van der Waals surface area contributed by atoms with Crippen LogP contribution in [-0.2, 0) is 29.3 Å². The zero-order chi connectivity index (χ0) is 37.9. The average molecular weight is 754 g/mol. The van der Waals surface area contributed by atoms with E-state index in [1.54, 1.807) is 0 Å². The number of aromatic nitrogens is 1. The van der Waals surface area contributed by atoms with E-state index in [1.165, 1.54) is 0 Å². The number of nitrogens with zero attached hydrogens (tertiary/aromatic N) is 1. The normalized spacial score (nSPS) is 23.7. The van der Waals surface area contributed by atoms with Gasteiger partial charge in [0.1, 0.15) is 24.1 Å². The molecule has 51 heavy (non-hydrogen) atoms. The summed E-state index contributed by atoms with van der Waals surface area (Å²) in [4.78, 5) is 14.4. The standard InChI is InChI=1S/C40H63NO7Si3/c1-38(2,3)49(10,11)43-26-31-33(47-50(12,13)39(4,5)6)34(48-51(14,15)40(7,8)9)35-37(45-31)44-30-23-19-22-29-32(30)28(36(42)46-35)25-41(29)24-27-20-17-16-18-21-27/h16-23,25,31,33-35,37H,24,26H2,1-15H3/t31-,33-,34+,35-,37?/m1/s1. The zero-order valence-corrected chi connectivity index (χ0v) is 36.8. The van der Waals surface area contributed by atoms with Crippen LogP contribution < -0.4 is 4.74 Å². The van der Waals surface area contributed by atoms with E-state index in [1.807, 2.05) is 42.6 Å². The first-order valence-corrected chi connectivity index (χ1v) is 27.2. The van der Waals surface area contributed by atoms with Crippen LogP contribution in [0.3, 0.4) is 0 Å². The Morgan fingerprint density at radius 2 is 1.27 bits per heavy atom. The van der Waals surface area contributed by atoms with Gasteiger partial charge < -0.3 is 32.1 Å². The van der Waals surface area contributed by atoms with Gasteiger partial charge >= 0.3 is 5.97 Å². The van der Waals surface area contributed by atoms with Crippen LogP contribution in [0.4, 0.5) is 0 Å². The van der Waals surface area contributed by atoms with Gasteiger partial charge in [-0.2, -0.15) is 0 Å². The maximum absolute atomic E-state index is 14.4. The second kappa shape index (κ2) is 13.9. The molecule has 0 amide bonds. The predicted molar refractivity (Wildman–Crippen MR) is 213 cm³/mol. The summed E-state index contributed by atoms with van der Waals surface area (Å²) in [6, 6.07) is 16.1. The number of fused-ring (bicyclic) bond motifs is 1. The topological polar surface area (TPSA) is 77.4 Å². The van der Waals surface area contributed by atoms with Crippen LogP contribution in [0.2, 0.25) is 54.4 Å². The highest BCUT2D eigenvalue weighted by molar-refractivity contribution is 6.75. The van der Waals surface area contributed by atoms with Crippen molar-refractivity contribution in [1.29, 1.82) is 0 Å². The summed E-state index contributed by atoms with van der Waals surface area (Å²) in [6.45, 7) is 34.5. The maximum atomic E-state index is 14.4. The quantitative estimate of drug-likeness (QED) is 0.159. The van der Waals surface area contributed by atoms with Crippen LogP contribution in [0.15, 0.2) is 54.7 Å². The SMILES string of the molecule is CC(C)(C)[Si](C)(C)OC[C@H]1OC2Oc3cccc4c3c(cn4Cc3ccccc3)C(=O)O[C@@H]2[C@@H](O[Si](C)(C)C(C)(C)C)[C@@H]1O[Si](C)(C)C(C)(C)C. The predicted octanol–water partition coefficient (Wildman–Crippen LogP) is 10.1. The summed E-state index contributed by atoms with van der Waals surface area (Å²) >= 11 is 0. The fourth-order valence-corrected chi connectivity index (χ4v) is 9.48. The minimum absolute atomic E-state index is 0.00223. The van der Waals surface area contributed by atoms with Gasteiger partial charge in [0.25, 0.3) is 0 Å². The molecule has 8 nitrogen and oxygen atoms in total. The van der Waals surface area contributed by atoms with E-state index in [0.29, 0.717) is 24.5 Å². The van der Waals surface area contributed by atoms with E-state index < -0.39 is 61.6 Å². The summed E-state index contributed by atoms with van der Waals surface area (Å²) in [5.41, 5.74) is 2.49. The van der Waals surface area contributed by atoms with Crippen molar-refractivity contribution in [2.24, 2.45) is 0 Å². The molecular weight excluding hydrogens is 691 g/mol. The highest BCUT2D eigenvalue weighted by Gasteiger charge is 2.57. The van der Waals surface area contributed by atoms with Gasteiger partial charge in [-0.1, -0.05) is 98.7 Å². The fourth-order valence-electron chi connectivity index (χ4n) is 5.85. The molecule has 0 aliphatic carbocycles. The molecule has 1 unspecified atom stereocenters. The molecule has 0 N–H and O–H groups in total. The van der Waals surface area contributed by atoms with E-state index >= 15 is 0 Å². The molecule has 0 bridgehead atoms. The molecular formula is C40H63NO7Si3. The molecule has 3 aromatic rings. The monoisotopic (exact) mass is 753 g/mol. The molecule has 282 valence electrons. The van der Waals surface area contributed by atoms with Gasteiger partial charge in [-0.15, -0.1) is 0 Å². The third kappa shape index (κ3) is 8.14. The molecule has 1 aromatic heterocycles. The van der Waals surface area contributed by atoms with Gasteiger partial charge in [0.15, 0.2) is 31.1 Å². The lowest BCUT2D eigenvalue weighted by Crippen LogP contribution is -2.68. The zero-order valence-electron chi connectivity index (χ0n) is 33.8. The highest BCUT2D eigenvalue weighted by Crippen LogP contribution is 2.46. The minimum atomic E-state index is -2.46. The van der Waals surface area contributed by atoms with Crippen LogP contribution >= 0.6 is 0 Å². The van der Waals surface area contributed by atoms with E-state index in [9.17, 15) is 4.79 Å². The summed E-state index contributed by atoms with van der Waals surface area (Å²) in [6.07, 6.45) is -1.66. The van der Waals surface area contributed by atoms with Crippen molar-refractivity contribution in [3.63, 3.8) is 0 Å². The smallest absolute Gasteiger partial charge is 0.341 e. The Labute approximate surface area is 309 Å². The van der Waals surface area contributed by atoms with Crippen molar-refractivity contribution >= 4 is 41.8 Å². The van der Waals surface area contributed by atoms with Crippen molar-refractivity contribution in [2.75, 3.05) is 6.61 Å². The van der Waals surface area contributed by atoms with Gasteiger partial charge in [0, 0.05) is 12.7 Å². The van der Waals surface area contributed by atoms with Gasteiger partial charge in [0.05, 0.1) is 23.1 Å². The third-order valence-electron chi connectivity index (χ3n) is 12.2. The first-order valence-electron chi connectivity index (χ1n) is 18.5. The maximum Gasteiger partial charge on any atom is 0.341 e. The third-order valence-corrected chi connectivity index (χ3v) is 25.7. The largest absolute Gasteiger partial charge is 0.460 e. The van der Waals surface area contributed by atoms with Crippen molar-refractivity contribution in [3.8, 4) is 5.75 Å². The Bertz CT molecular complexity index is 1700. The molecule has 1 saturated heterocycles. The Morgan fingerprint density at radius 1 is 0.706 bits per heavy atom. The van der Waals surface area contributed by atoms with Crippen LogP contribution in [0.25, 0.3) is 10.9 Å². The number of hydrogen-bond donors (Lipinski definition) is 0. The molecule has 0 spiro atoms. The number of esters is 1. The summed E-state index contributed by atoms with van der Waals surface area (Å²) in [7, 11) is -7.06. The van der Waals surface area contributed by atoms with E-state index in [0.717, 1.165) is 16.5 Å². The lowest BCUT2D eigenvalue weighted by molar-refractivity contribution is -0.270. The van der Waals surface area contributed by atoms with Crippen LogP contribution in [0, 0.1) is 0 Å². The van der Waals surface area contributed by atoms with Crippen molar-refractivity contribution in [3.05, 3.63) is 65.9 Å². The van der Waals surface area contributed by atoms with Gasteiger partial charge in [0.2, 0.25) is 6.29 Å². The van der Waals surface area contributed by atoms with Crippen LogP contribution in [0.1, 0.15) is 78.2 Å². The fraction of sp³-hybridized carbons (Fsp3) is 0.625. The van der Waals surface area contributed by atoms with Gasteiger partial charge in [-0.25, -0.2) is 4.79 Å². The molecule has 1 fully saturated rings. The van der Waals surface area contributed by atoms with Crippen molar-refractivity contribution < 1.29 is 32.3 Å². The van der Waals surface area contributed by atoms with Crippen molar-refractivity contribution in [1.82, 2.24) is 4.57 Å². The van der Waals surface area contributed by atoms with Crippen LogP contribution in [0.5, 0.6) is 5.75 Å². The molecule has 2 aliphatic heterocycles.